The summed E-state index contributed by atoms with van der Waals surface area (Å²) in [6.45, 7) is 3.86. The molecule has 1 aromatic rings. The Kier molecular flexibility index (Phi) is 2.71. The fraction of sp³-hybridized carbons (Fsp3) is 0.300. The molecule has 0 fully saturated rings. The minimum atomic E-state index is 0.0968. The molecule has 0 aliphatic heterocycles. The van der Waals surface area contributed by atoms with Crippen LogP contribution < -0.4 is 4.74 Å². The van der Waals surface area contributed by atoms with Crippen LogP contribution in [0.5, 0.6) is 5.75 Å². The van der Waals surface area contributed by atoms with E-state index in [1.54, 1.807) is 18.2 Å². The number of nitriles is 1. The Hall–Kier alpha value is -1.49. The molecule has 0 bridgehead atoms. The molecule has 2 heteroatoms. The van der Waals surface area contributed by atoms with Crippen LogP contribution >= 0.6 is 0 Å². The lowest BCUT2D eigenvalue weighted by Crippen LogP contribution is -2.06. The molecule has 61 valence electrons. The summed E-state index contributed by atoms with van der Waals surface area (Å²) in [5.41, 5.74) is 0.534. The average molecular weight is 160 g/mol. The van der Waals surface area contributed by atoms with E-state index in [4.69, 9.17) is 10.00 Å². The van der Waals surface area contributed by atoms with Crippen molar-refractivity contribution < 1.29 is 4.74 Å². The zero-order valence-corrected chi connectivity index (χ0v) is 7.16. The molecule has 0 heterocycles. The summed E-state index contributed by atoms with van der Waals surface area (Å²) < 4.78 is 5.39. The molecule has 0 atom stereocenters. The highest BCUT2D eigenvalue weighted by molar-refractivity contribution is 5.42. The Bertz CT molecular complexity index is 299. The van der Waals surface area contributed by atoms with Crippen molar-refractivity contribution in [2.24, 2.45) is 0 Å². The summed E-state index contributed by atoms with van der Waals surface area (Å²) >= 11 is 0. The molecule has 0 saturated heterocycles. The van der Waals surface area contributed by atoms with Crippen LogP contribution in [0.2, 0.25) is 0 Å². The minimum Gasteiger partial charge on any atom is -0.490 e. The van der Waals surface area contributed by atoms with Crippen LogP contribution in [-0.2, 0) is 0 Å². The zero-order chi connectivity index (χ0) is 8.97. The second-order valence-corrected chi connectivity index (χ2v) is 2.70. The van der Waals surface area contributed by atoms with Gasteiger partial charge in [-0.05, 0) is 32.0 Å². The number of hydrogen-bond donors (Lipinski definition) is 0. The molecular formula is C10H10NO. The summed E-state index contributed by atoms with van der Waals surface area (Å²) in [7, 11) is 0. The highest BCUT2D eigenvalue weighted by Crippen LogP contribution is 2.17. The van der Waals surface area contributed by atoms with E-state index >= 15 is 0 Å². The largest absolute Gasteiger partial charge is 0.490 e. The minimum absolute atomic E-state index is 0.0968. The molecule has 1 aromatic carbocycles. The van der Waals surface area contributed by atoms with E-state index in [2.05, 4.69) is 6.07 Å². The van der Waals surface area contributed by atoms with E-state index in [9.17, 15) is 0 Å². The molecule has 0 unspecified atom stereocenters. The zero-order valence-electron chi connectivity index (χ0n) is 7.16. The lowest BCUT2D eigenvalue weighted by Gasteiger charge is -2.09. The first kappa shape index (κ1) is 8.61. The summed E-state index contributed by atoms with van der Waals surface area (Å²) in [5.74, 6) is 0.631. The van der Waals surface area contributed by atoms with Crippen molar-refractivity contribution >= 4 is 0 Å². The second kappa shape index (κ2) is 3.77. The Morgan fingerprint density at radius 3 is 2.92 bits per heavy atom. The number of benzene rings is 1. The summed E-state index contributed by atoms with van der Waals surface area (Å²) in [6.07, 6.45) is 0.0968. The van der Waals surface area contributed by atoms with E-state index < -0.39 is 0 Å². The number of rotatable bonds is 2. The van der Waals surface area contributed by atoms with Crippen molar-refractivity contribution in [2.45, 2.75) is 20.0 Å². The first-order valence-electron chi connectivity index (χ1n) is 3.81. The molecule has 0 amide bonds. The van der Waals surface area contributed by atoms with Crippen molar-refractivity contribution in [3.8, 4) is 11.8 Å². The third kappa shape index (κ3) is 2.00. The predicted octanol–water partition coefficient (Wildman–Crippen LogP) is 2.15. The van der Waals surface area contributed by atoms with Crippen molar-refractivity contribution in [1.29, 1.82) is 5.26 Å². The molecule has 0 spiro atoms. The normalized spacial score (nSPS) is 9.50. The lowest BCUT2D eigenvalue weighted by molar-refractivity contribution is 0.241. The monoisotopic (exact) mass is 160 g/mol. The Balaban J connectivity index is 2.91. The van der Waals surface area contributed by atoms with Crippen molar-refractivity contribution in [2.75, 3.05) is 0 Å². The van der Waals surface area contributed by atoms with Gasteiger partial charge in [0.2, 0.25) is 0 Å². The Morgan fingerprint density at radius 1 is 1.58 bits per heavy atom. The van der Waals surface area contributed by atoms with Gasteiger partial charge in [-0.2, -0.15) is 5.26 Å². The highest BCUT2D eigenvalue weighted by Gasteiger charge is 2.02. The maximum atomic E-state index is 8.68. The van der Waals surface area contributed by atoms with Crippen LogP contribution in [0.1, 0.15) is 19.4 Å². The quantitative estimate of drug-likeness (QED) is 0.664. The van der Waals surface area contributed by atoms with Gasteiger partial charge in [0.25, 0.3) is 0 Å². The maximum absolute atomic E-state index is 8.68. The molecular weight excluding hydrogens is 150 g/mol. The lowest BCUT2D eigenvalue weighted by atomic mass is 10.2. The third-order valence-electron chi connectivity index (χ3n) is 1.31. The SMILES string of the molecule is CC(C)Oc1cc[c]cc1C#N. The molecule has 1 rings (SSSR count). The molecule has 12 heavy (non-hydrogen) atoms. The van der Waals surface area contributed by atoms with E-state index in [1.165, 1.54) is 0 Å². The third-order valence-corrected chi connectivity index (χ3v) is 1.31. The van der Waals surface area contributed by atoms with Gasteiger partial charge in [-0.25, -0.2) is 0 Å². The molecule has 0 aliphatic carbocycles. The number of ether oxygens (including phenoxy) is 1. The predicted molar refractivity (Wildman–Crippen MR) is 45.8 cm³/mol. The standard InChI is InChI=1S/C10H10NO/c1-8(2)12-10-6-4-3-5-9(10)7-11/h4-6,8H,1-2H3. The van der Waals surface area contributed by atoms with Crippen LogP contribution in [-0.4, -0.2) is 6.10 Å². The van der Waals surface area contributed by atoms with E-state index in [0.717, 1.165) is 0 Å². The van der Waals surface area contributed by atoms with Gasteiger partial charge in [-0.1, -0.05) is 6.07 Å². The van der Waals surface area contributed by atoms with Gasteiger partial charge in [-0.3, -0.25) is 0 Å². The molecule has 2 nitrogen and oxygen atoms in total. The van der Waals surface area contributed by atoms with Crippen LogP contribution in [0.25, 0.3) is 0 Å². The second-order valence-electron chi connectivity index (χ2n) is 2.70. The molecule has 0 aromatic heterocycles. The number of nitrogens with zero attached hydrogens (tertiary/aromatic N) is 1. The smallest absolute Gasteiger partial charge is 0.137 e. The maximum Gasteiger partial charge on any atom is 0.137 e. The summed E-state index contributed by atoms with van der Waals surface area (Å²) in [4.78, 5) is 0. The molecule has 0 saturated carbocycles. The summed E-state index contributed by atoms with van der Waals surface area (Å²) in [5, 5.41) is 8.68. The van der Waals surface area contributed by atoms with Gasteiger partial charge in [-0.15, -0.1) is 0 Å². The Labute approximate surface area is 72.4 Å². The van der Waals surface area contributed by atoms with Gasteiger partial charge in [0.1, 0.15) is 11.8 Å². The van der Waals surface area contributed by atoms with Crippen LogP contribution in [0.3, 0.4) is 0 Å². The van der Waals surface area contributed by atoms with Crippen molar-refractivity contribution in [1.82, 2.24) is 0 Å². The first-order valence-corrected chi connectivity index (χ1v) is 3.81. The fourth-order valence-corrected chi connectivity index (χ4v) is 0.860. The van der Waals surface area contributed by atoms with Crippen LogP contribution in [0.4, 0.5) is 0 Å². The van der Waals surface area contributed by atoms with Crippen molar-refractivity contribution in [3.63, 3.8) is 0 Å². The number of hydrogen-bond acceptors (Lipinski definition) is 2. The average Bonchev–Trinajstić information content (AvgIpc) is 2.04. The van der Waals surface area contributed by atoms with Gasteiger partial charge >= 0.3 is 0 Å². The fourth-order valence-electron chi connectivity index (χ4n) is 0.860. The Morgan fingerprint density at radius 2 is 2.33 bits per heavy atom. The molecule has 1 radical (unpaired) electrons. The molecule has 0 N–H and O–H groups in total. The first-order chi connectivity index (χ1) is 5.74. The van der Waals surface area contributed by atoms with Gasteiger partial charge in [0.15, 0.2) is 0 Å². The van der Waals surface area contributed by atoms with Gasteiger partial charge in [0, 0.05) is 0 Å². The van der Waals surface area contributed by atoms with Gasteiger partial charge < -0.3 is 4.74 Å². The van der Waals surface area contributed by atoms with E-state index in [1.807, 2.05) is 19.9 Å². The van der Waals surface area contributed by atoms with Gasteiger partial charge in [0.05, 0.1) is 11.7 Å². The van der Waals surface area contributed by atoms with E-state index in [0.29, 0.717) is 11.3 Å². The van der Waals surface area contributed by atoms with Crippen LogP contribution in [0.15, 0.2) is 18.2 Å². The van der Waals surface area contributed by atoms with E-state index in [-0.39, 0.29) is 6.10 Å². The van der Waals surface area contributed by atoms with Crippen LogP contribution in [0, 0.1) is 17.4 Å². The van der Waals surface area contributed by atoms with Crippen molar-refractivity contribution in [3.05, 3.63) is 29.8 Å². The highest BCUT2D eigenvalue weighted by atomic mass is 16.5. The molecule has 0 aliphatic rings. The topological polar surface area (TPSA) is 33.0 Å². The summed E-state index contributed by atoms with van der Waals surface area (Å²) in [6, 6.07) is 9.97.